The van der Waals surface area contributed by atoms with Crippen molar-refractivity contribution in [1.29, 1.82) is 0 Å². The predicted molar refractivity (Wildman–Crippen MR) is 58.4 cm³/mol. The fourth-order valence-electron chi connectivity index (χ4n) is 1.42. The molecule has 0 aliphatic carbocycles. The monoisotopic (exact) mass is 194 g/mol. The van der Waals surface area contributed by atoms with Gasteiger partial charge in [-0.3, -0.25) is 0 Å². The van der Waals surface area contributed by atoms with E-state index in [0.29, 0.717) is 6.54 Å². The van der Waals surface area contributed by atoms with E-state index in [0.717, 1.165) is 17.7 Å². The Morgan fingerprint density at radius 3 is 2.64 bits per heavy atom. The topological polar surface area (TPSA) is 61.3 Å². The van der Waals surface area contributed by atoms with Gasteiger partial charge in [0.05, 0.1) is 7.11 Å². The van der Waals surface area contributed by atoms with Gasteiger partial charge in [-0.15, -0.1) is 0 Å². The minimum absolute atomic E-state index is 0.142. The molecule has 3 nitrogen and oxygen atoms in total. The minimum Gasteiger partial charge on any atom is -0.496 e. The second kappa shape index (κ2) is 4.98. The summed E-state index contributed by atoms with van der Waals surface area (Å²) in [6.45, 7) is 2.54. The molecule has 4 N–H and O–H groups in total. The van der Waals surface area contributed by atoms with Crippen molar-refractivity contribution in [3.05, 3.63) is 29.3 Å². The van der Waals surface area contributed by atoms with E-state index in [9.17, 15) is 0 Å². The third kappa shape index (κ3) is 2.25. The number of hydrogen-bond donors (Lipinski definition) is 2. The lowest BCUT2D eigenvalue weighted by Gasteiger charge is -2.14. The highest BCUT2D eigenvalue weighted by atomic mass is 16.5. The molecule has 1 aromatic rings. The molecule has 0 amide bonds. The molecule has 14 heavy (non-hydrogen) atoms. The van der Waals surface area contributed by atoms with Crippen molar-refractivity contribution in [3.8, 4) is 5.75 Å². The van der Waals surface area contributed by atoms with Crippen LogP contribution in [0.5, 0.6) is 5.75 Å². The standard InChI is InChI=1S/C11H18N2O/c1-3-8-4-5-11(14-2)9(6-8)10(13)7-12/h4-6,10H,3,7,12-13H2,1-2H3/t10-/m1/s1. The summed E-state index contributed by atoms with van der Waals surface area (Å²) < 4.78 is 5.23. The van der Waals surface area contributed by atoms with E-state index in [1.165, 1.54) is 5.56 Å². The zero-order valence-electron chi connectivity index (χ0n) is 8.79. The first-order chi connectivity index (χ1) is 6.72. The van der Waals surface area contributed by atoms with Crippen LogP contribution in [0, 0.1) is 0 Å². The number of rotatable bonds is 4. The molecule has 0 aliphatic heterocycles. The van der Waals surface area contributed by atoms with Gasteiger partial charge in [-0.1, -0.05) is 19.1 Å². The minimum atomic E-state index is -0.142. The maximum atomic E-state index is 5.89. The molecule has 3 heteroatoms. The summed E-state index contributed by atoms with van der Waals surface area (Å²) in [5.41, 5.74) is 13.7. The van der Waals surface area contributed by atoms with Gasteiger partial charge in [-0.05, 0) is 18.1 Å². The van der Waals surface area contributed by atoms with Crippen molar-refractivity contribution < 1.29 is 4.74 Å². The molecule has 0 unspecified atom stereocenters. The van der Waals surface area contributed by atoms with Crippen LogP contribution in [-0.4, -0.2) is 13.7 Å². The lowest BCUT2D eigenvalue weighted by molar-refractivity contribution is 0.406. The molecule has 0 aromatic heterocycles. The second-order valence-corrected chi connectivity index (χ2v) is 3.27. The quantitative estimate of drug-likeness (QED) is 0.757. The highest BCUT2D eigenvalue weighted by Crippen LogP contribution is 2.24. The number of methoxy groups -OCH3 is 1. The van der Waals surface area contributed by atoms with Crippen LogP contribution in [0.15, 0.2) is 18.2 Å². The normalized spacial score (nSPS) is 12.6. The number of hydrogen-bond acceptors (Lipinski definition) is 3. The van der Waals surface area contributed by atoms with E-state index < -0.39 is 0 Å². The van der Waals surface area contributed by atoms with E-state index in [1.54, 1.807) is 7.11 Å². The average molecular weight is 194 g/mol. The summed E-state index contributed by atoms with van der Waals surface area (Å²) in [6, 6.07) is 5.92. The van der Waals surface area contributed by atoms with Crippen LogP contribution in [0.1, 0.15) is 24.1 Å². The van der Waals surface area contributed by atoms with Gasteiger partial charge in [0.25, 0.3) is 0 Å². The fraction of sp³-hybridized carbons (Fsp3) is 0.455. The summed E-state index contributed by atoms with van der Waals surface area (Å²) in [4.78, 5) is 0. The molecule has 0 heterocycles. The third-order valence-corrected chi connectivity index (χ3v) is 2.36. The highest BCUT2D eigenvalue weighted by Gasteiger charge is 2.10. The first kappa shape index (κ1) is 11.0. The smallest absolute Gasteiger partial charge is 0.123 e. The third-order valence-electron chi connectivity index (χ3n) is 2.36. The van der Waals surface area contributed by atoms with Gasteiger partial charge < -0.3 is 16.2 Å². The summed E-state index contributed by atoms with van der Waals surface area (Å²) in [6.07, 6.45) is 0.994. The first-order valence-electron chi connectivity index (χ1n) is 4.85. The molecule has 1 aromatic carbocycles. The number of ether oxygens (including phenoxy) is 1. The molecule has 1 atom stereocenters. The van der Waals surface area contributed by atoms with Crippen LogP contribution in [0.3, 0.4) is 0 Å². The van der Waals surface area contributed by atoms with Crippen molar-refractivity contribution in [2.75, 3.05) is 13.7 Å². The Hall–Kier alpha value is -1.06. The van der Waals surface area contributed by atoms with Crippen LogP contribution in [0.4, 0.5) is 0 Å². The summed E-state index contributed by atoms with van der Waals surface area (Å²) in [7, 11) is 1.65. The Labute approximate surface area is 85.0 Å². The summed E-state index contributed by atoms with van der Waals surface area (Å²) in [5.74, 6) is 0.820. The molecule has 0 spiro atoms. The number of nitrogens with two attached hydrogens (primary N) is 2. The Balaban J connectivity index is 3.08. The zero-order chi connectivity index (χ0) is 10.6. The largest absolute Gasteiger partial charge is 0.496 e. The van der Waals surface area contributed by atoms with Crippen LogP contribution < -0.4 is 16.2 Å². The van der Waals surface area contributed by atoms with Crippen LogP contribution in [0.2, 0.25) is 0 Å². The van der Waals surface area contributed by atoms with Gasteiger partial charge >= 0.3 is 0 Å². The average Bonchev–Trinajstić information content (AvgIpc) is 2.27. The second-order valence-electron chi connectivity index (χ2n) is 3.27. The molecular formula is C11H18N2O. The Morgan fingerprint density at radius 1 is 1.43 bits per heavy atom. The maximum Gasteiger partial charge on any atom is 0.123 e. The van der Waals surface area contributed by atoms with E-state index in [1.807, 2.05) is 12.1 Å². The van der Waals surface area contributed by atoms with Crippen LogP contribution in [0.25, 0.3) is 0 Å². The number of benzene rings is 1. The van der Waals surface area contributed by atoms with Crippen molar-refractivity contribution >= 4 is 0 Å². The predicted octanol–water partition coefficient (Wildman–Crippen LogP) is 1.22. The SMILES string of the molecule is CCc1ccc(OC)c([C@H](N)CN)c1. The molecule has 0 aliphatic rings. The van der Waals surface area contributed by atoms with Crippen molar-refractivity contribution in [1.82, 2.24) is 0 Å². The lowest BCUT2D eigenvalue weighted by atomic mass is 10.0. The van der Waals surface area contributed by atoms with Crippen LogP contribution >= 0.6 is 0 Å². The van der Waals surface area contributed by atoms with Gasteiger partial charge in [-0.2, -0.15) is 0 Å². The van der Waals surface area contributed by atoms with Crippen molar-refractivity contribution in [2.45, 2.75) is 19.4 Å². The van der Waals surface area contributed by atoms with Gasteiger partial charge in [0, 0.05) is 18.2 Å². The van der Waals surface area contributed by atoms with Gasteiger partial charge in [0.2, 0.25) is 0 Å². The Bertz CT molecular complexity index is 299. The molecule has 0 saturated heterocycles. The molecule has 1 rings (SSSR count). The number of aryl methyl sites for hydroxylation is 1. The summed E-state index contributed by atoms with van der Waals surface area (Å²) in [5, 5.41) is 0. The van der Waals surface area contributed by atoms with Gasteiger partial charge in [-0.25, -0.2) is 0 Å². The van der Waals surface area contributed by atoms with E-state index in [-0.39, 0.29) is 6.04 Å². The van der Waals surface area contributed by atoms with E-state index in [4.69, 9.17) is 16.2 Å². The lowest BCUT2D eigenvalue weighted by Crippen LogP contribution is -2.21. The fourth-order valence-corrected chi connectivity index (χ4v) is 1.42. The van der Waals surface area contributed by atoms with Crippen molar-refractivity contribution in [3.63, 3.8) is 0 Å². The molecule has 0 fully saturated rings. The molecular weight excluding hydrogens is 176 g/mol. The van der Waals surface area contributed by atoms with E-state index in [2.05, 4.69) is 13.0 Å². The Kier molecular flexibility index (Phi) is 3.92. The van der Waals surface area contributed by atoms with Crippen LogP contribution in [-0.2, 0) is 6.42 Å². The summed E-state index contributed by atoms with van der Waals surface area (Å²) >= 11 is 0. The zero-order valence-corrected chi connectivity index (χ0v) is 8.79. The molecule has 0 bridgehead atoms. The van der Waals surface area contributed by atoms with Gasteiger partial charge in [0.15, 0.2) is 0 Å². The molecule has 0 saturated carbocycles. The maximum absolute atomic E-state index is 5.89. The molecule has 78 valence electrons. The highest BCUT2D eigenvalue weighted by molar-refractivity contribution is 5.39. The Morgan fingerprint density at radius 2 is 2.14 bits per heavy atom. The first-order valence-corrected chi connectivity index (χ1v) is 4.85. The van der Waals surface area contributed by atoms with E-state index >= 15 is 0 Å². The van der Waals surface area contributed by atoms with Crippen molar-refractivity contribution in [2.24, 2.45) is 11.5 Å². The molecule has 0 radical (unpaired) electrons. The van der Waals surface area contributed by atoms with Gasteiger partial charge in [0.1, 0.15) is 5.75 Å².